The van der Waals surface area contributed by atoms with Crippen LogP contribution in [0.15, 0.2) is 12.1 Å². The molecule has 24 heavy (non-hydrogen) atoms. The minimum atomic E-state index is -1.83. The van der Waals surface area contributed by atoms with Gasteiger partial charge in [-0.05, 0) is 49.7 Å². The normalized spacial score (nSPS) is 17.3. The molecule has 0 aromatic heterocycles. The number of anilines is 3. The van der Waals surface area contributed by atoms with Crippen LogP contribution in [0.2, 0.25) is 18.1 Å². The van der Waals surface area contributed by atoms with Crippen LogP contribution in [0, 0.1) is 0 Å². The van der Waals surface area contributed by atoms with Gasteiger partial charge in [-0.1, -0.05) is 20.8 Å². The van der Waals surface area contributed by atoms with E-state index in [1.54, 1.807) is 4.90 Å². The Hall–Kier alpha value is -1.53. The number of nitrogens with two attached hydrogens (primary N) is 2. The Morgan fingerprint density at radius 1 is 1.17 bits per heavy atom. The zero-order chi connectivity index (χ0) is 18.5. The van der Waals surface area contributed by atoms with Crippen LogP contribution >= 0.6 is 0 Å². The van der Waals surface area contributed by atoms with Crippen molar-refractivity contribution in [3.05, 3.63) is 17.7 Å². The van der Waals surface area contributed by atoms with Crippen molar-refractivity contribution in [2.45, 2.75) is 58.2 Å². The molecule has 1 aromatic rings. The summed E-state index contributed by atoms with van der Waals surface area (Å²) in [6.07, 6.45) is 0. The molecular formula is C18H31N3O2Si. The predicted molar refractivity (Wildman–Crippen MR) is 104 cm³/mol. The van der Waals surface area contributed by atoms with Crippen LogP contribution in [0.3, 0.4) is 0 Å². The largest absolute Gasteiger partial charge is 0.415 e. The van der Waals surface area contributed by atoms with Crippen LogP contribution in [0.4, 0.5) is 17.1 Å². The van der Waals surface area contributed by atoms with Crippen molar-refractivity contribution in [3.8, 4) is 0 Å². The highest BCUT2D eigenvalue weighted by molar-refractivity contribution is 6.74. The van der Waals surface area contributed by atoms with Crippen molar-refractivity contribution in [2.24, 2.45) is 0 Å². The van der Waals surface area contributed by atoms with Gasteiger partial charge in [-0.25, -0.2) is 0 Å². The highest BCUT2D eigenvalue weighted by Gasteiger charge is 2.44. The van der Waals surface area contributed by atoms with E-state index in [2.05, 4.69) is 33.9 Å². The lowest BCUT2D eigenvalue weighted by Crippen LogP contribution is -2.44. The third-order valence-corrected chi connectivity index (χ3v) is 10.1. The third-order valence-electron chi connectivity index (χ3n) is 5.53. The number of benzene rings is 1. The first-order valence-electron chi connectivity index (χ1n) is 8.44. The molecule has 0 atom stereocenters. The van der Waals surface area contributed by atoms with Crippen molar-refractivity contribution in [2.75, 3.05) is 29.5 Å². The minimum absolute atomic E-state index is 0.0707. The van der Waals surface area contributed by atoms with E-state index in [0.717, 1.165) is 11.3 Å². The second kappa shape index (κ2) is 5.77. The quantitative estimate of drug-likeness (QED) is 0.644. The van der Waals surface area contributed by atoms with E-state index in [1.807, 2.05) is 26.0 Å². The van der Waals surface area contributed by atoms with Gasteiger partial charge >= 0.3 is 0 Å². The molecule has 0 radical (unpaired) electrons. The first-order valence-corrected chi connectivity index (χ1v) is 11.4. The fraction of sp³-hybridized carbons (Fsp3) is 0.611. The third kappa shape index (κ3) is 3.05. The Labute approximate surface area is 146 Å². The molecule has 2 rings (SSSR count). The topological polar surface area (TPSA) is 81.6 Å². The molecule has 0 fully saturated rings. The number of fused-ring (bicyclic) bond motifs is 1. The van der Waals surface area contributed by atoms with E-state index < -0.39 is 13.7 Å². The molecule has 4 N–H and O–H groups in total. The molecule has 1 aliphatic rings. The maximum atomic E-state index is 12.9. The van der Waals surface area contributed by atoms with Crippen molar-refractivity contribution >= 4 is 31.3 Å². The van der Waals surface area contributed by atoms with Crippen molar-refractivity contribution in [1.82, 2.24) is 0 Å². The van der Waals surface area contributed by atoms with Crippen LogP contribution in [0.25, 0.3) is 0 Å². The number of carbonyl (C=O) groups is 1. The van der Waals surface area contributed by atoms with Gasteiger partial charge in [0.2, 0.25) is 5.91 Å². The number of hydrogen-bond donors (Lipinski definition) is 2. The number of hydrogen-bond acceptors (Lipinski definition) is 4. The summed E-state index contributed by atoms with van der Waals surface area (Å²) in [4.78, 5) is 14.6. The van der Waals surface area contributed by atoms with Crippen LogP contribution in [-0.2, 0) is 14.6 Å². The van der Waals surface area contributed by atoms with E-state index in [1.165, 1.54) is 0 Å². The lowest BCUT2D eigenvalue weighted by molar-refractivity contribution is -0.122. The summed E-state index contributed by atoms with van der Waals surface area (Å²) in [6, 6.07) is 3.64. The summed E-state index contributed by atoms with van der Waals surface area (Å²) in [7, 11) is -1.83. The SMILES string of the molecule is CC1(C)C(=O)N(CCO[Si](C)(C)C(C)(C)C)c2cc(N)c(N)cc21. The first-order chi connectivity index (χ1) is 10.8. The average Bonchev–Trinajstić information content (AvgIpc) is 2.60. The molecule has 0 saturated carbocycles. The van der Waals surface area contributed by atoms with Gasteiger partial charge in [0, 0.05) is 6.54 Å². The zero-order valence-corrected chi connectivity index (χ0v) is 17.0. The van der Waals surface area contributed by atoms with E-state index in [-0.39, 0.29) is 10.9 Å². The summed E-state index contributed by atoms with van der Waals surface area (Å²) in [5, 5.41) is 0.151. The maximum Gasteiger partial charge on any atom is 0.237 e. The molecule has 0 saturated heterocycles. The molecular weight excluding hydrogens is 318 g/mol. The Morgan fingerprint density at radius 3 is 2.25 bits per heavy atom. The molecule has 0 unspecified atom stereocenters. The highest BCUT2D eigenvalue weighted by Crippen LogP contribution is 2.44. The summed E-state index contributed by atoms with van der Waals surface area (Å²) >= 11 is 0. The molecule has 1 amide bonds. The summed E-state index contributed by atoms with van der Waals surface area (Å²) in [6.45, 7) is 16.0. The van der Waals surface area contributed by atoms with Crippen molar-refractivity contribution in [1.29, 1.82) is 0 Å². The van der Waals surface area contributed by atoms with Crippen LogP contribution < -0.4 is 16.4 Å². The molecule has 0 bridgehead atoms. The minimum Gasteiger partial charge on any atom is -0.415 e. The molecule has 134 valence electrons. The van der Waals surface area contributed by atoms with E-state index in [0.29, 0.717) is 24.5 Å². The van der Waals surface area contributed by atoms with Crippen LogP contribution in [-0.4, -0.2) is 27.4 Å². The summed E-state index contributed by atoms with van der Waals surface area (Å²) in [5.41, 5.74) is 14.1. The monoisotopic (exact) mass is 349 g/mol. The first kappa shape index (κ1) is 18.8. The van der Waals surface area contributed by atoms with Crippen molar-refractivity contribution in [3.63, 3.8) is 0 Å². The molecule has 1 heterocycles. The second-order valence-electron chi connectivity index (χ2n) is 8.69. The molecule has 5 nitrogen and oxygen atoms in total. The average molecular weight is 350 g/mol. The van der Waals surface area contributed by atoms with Gasteiger partial charge in [-0.2, -0.15) is 0 Å². The number of nitrogens with zero attached hydrogens (tertiary/aromatic N) is 1. The molecule has 6 heteroatoms. The van der Waals surface area contributed by atoms with E-state index in [4.69, 9.17) is 15.9 Å². The van der Waals surface area contributed by atoms with Gasteiger partial charge in [0.05, 0.1) is 29.1 Å². The van der Waals surface area contributed by atoms with E-state index >= 15 is 0 Å². The lowest BCUT2D eigenvalue weighted by Gasteiger charge is -2.36. The van der Waals surface area contributed by atoms with Gasteiger partial charge in [-0.15, -0.1) is 0 Å². The second-order valence-corrected chi connectivity index (χ2v) is 13.5. The number of nitrogen functional groups attached to an aromatic ring is 2. The van der Waals surface area contributed by atoms with Crippen molar-refractivity contribution < 1.29 is 9.22 Å². The molecule has 0 spiro atoms. The van der Waals surface area contributed by atoms with Crippen LogP contribution in [0.5, 0.6) is 0 Å². The number of carbonyl (C=O) groups excluding carboxylic acids is 1. The van der Waals surface area contributed by atoms with Gasteiger partial charge in [-0.3, -0.25) is 4.79 Å². The van der Waals surface area contributed by atoms with Gasteiger partial charge in [0.1, 0.15) is 0 Å². The Morgan fingerprint density at radius 2 is 1.71 bits per heavy atom. The lowest BCUT2D eigenvalue weighted by atomic mass is 9.86. The maximum absolute atomic E-state index is 12.9. The Kier molecular flexibility index (Phi) is 4.52. The fourth-order valence-electron chi connectivity index (χ4n) is 2.74. The Bertz CT molecular complexity index is 663. The zero-order valence-electron chi connectivity index (χ0n) is 16.0. The molecule has 1 aromatic carbocycles. The fourth-order valence-corrected chi connectivity index (χ4v) is 3.77. The van der Waals surface area contributed by atoms with Gasteiger partial charge in [0.25, 0.3) is 0 Å². The molecule has 1 aliphatic heterocycles. The van der Waals surface area contributed by atoms with Gasteiger partial charge < -0.3 is 20.8 Å². The van der Waals surface area contributed by atoms with Gasteiger partial charge in [0.15, 0.2) is 8.32 Å². The van der Waals surface area contributed by atoms with E-state index in [9.17, 15) is 4.79 Å². The molecule has 0 aliphatic carbocycles. The number of amides is 1. The smallest absolute Gasteiger partial charge is 0.237 e. The predicted octanol–water partition coefficient (Wildman–Crippen LogP) is 3.50. The Balaban J connectivity index is 2.22. The standard InChI is InChI=1S/C18H31N3O2Si/c1-17(2,3)24(6,7)23-9-8-21-15-11-14(20)13(19)10-12(15)18(4,5)16(21)22/h10-11H,8-9,19-20H2,1-7H3. The summed E-state index contributed by atoms with van der Waals surface area (Å²) in [5.74, 6) is 0.0707. The van der Waals surface area contributed by atoms with Crippen LogP contribution in [0.1, 0.15) is 40.2 Å². The highest BCUT2D eigenvalue weighted by atomic mass is 28.4. The number of rotatable bonds is 4. The summed E-state index contributed by atoms with van der Waals surface area (Å²) < 4.78 is 6.23.